The lowest BCUT2D eigenvalue weighted by Gasteiger charge is -2.36. The van der Waals surface area contributed by atoms with Crippen LogP contribution in [0.3, 0.4) is 0 Å². The number of ether oxygens (including phenoxy) is 3. The number of hydrogen-bond acceptors (Lipinski definition) is 5. The van der Waals surface area contributed by atoms with E-state index < -0.39 is 5.54 Å². The van der Waals surface area contributed by atoms with Crippen LogP contribution in [-0.4, -0.2) is 42.8 Å². The molecule has 3 heterocycles. The molecule has 5 nitrogen and oxygen atoms in total. The normalized spacial score (nSPS) is 34.6. The Morgan fingerprint density at radius 1 is 1.17 bits per heavy atom. The highest BCUT2D eigenvalue weighted by atomic mass is 16.7. The quantitative estimate of drug-likeness (QED) is 0.855. The zero-order chi connectivity index (χ0) is 15.7. The summed E-state index contributed by atoms with van der Waals surface area (Å²) in [5, 5.41) is 9.97. The van der Waals surface area contributed by atoms with Crippen molar-refractivity contribution in [3.05, 3.63) is 35.9 Å². The number of nitriles is 1. The molecule has 0 aromatic heterocycles. The van der Waals surface area contributed by atoms with Crippen molar-refractivity contribution in [1.29, 1.82) is 5.26 Å². The van der Waals surface area contributed by atoms with Gasteiger partial charge in [-0.1, -0.05) is 30.3 Å². The van der Waals surface area contributed by atoms with Crippen molar-refractivity contribution in [1.82, 2.24) is 4.90 Å². The summed E-state index contributed by atoms with van der Waals surface area (Å²) in [6, 6.07) is 13.1. The molecule has 4 rings (SSSR count). The van der Waals surface area contributed by atoms with Gasteiger partial charge in [0.2, 0.25) is 0 Å². The van der Waals surface area contributed by atoms with E-state index in [9.17, 15) is 5.26 Å². The molecule has 0 aliphatic carbocycles. The van der Waals surface area contributed by atoms with E-state index in [1.165, 1.54) is 5.56 Å². The van der Waals surface area contributed by atoms with Crippen molar-refractivity contribution < 1.29 is 14.2 Å². The zero-order valence-corrected chi connectivity index (χ0v) is 13.2. The highest BCUT2D eigenvalue weighted by molar-refractivity contribution is 5.25. The Morgan fingerprint density at radius 2 is 1.96 bits per heavy atom. The van der Waals surface area contributed by atoms with Crippen LogP contribution in [0.25, 0.3) is 0 Å². The van der Waals surface area contributed by atoms with Crippen LogP contribution in [0.15, 0.2) is 30.3 Å². The van der Waals surface area contributed by atoms with Crippen molar-refractivity contribution >= 4 is 0 Å². The first-order chi connectivity index (χ1) is 11.3. The van der Waals surface area contributed by atoms with Crippen LogP contribution in [0.5, 0.6) is 0 Å². The van der Waals surface area contributed by atoms with Crippen molar-refractivity contribution in [2.45, 2.75) is 49.8 Å². The summed E-state index contributed by atoms with van der Waals surface area (Å²) < 4.78 is 17.1. The molecule has 0 radical (unpaired) electrons. The van der Waals surface area contributed by atoms with Gasteiger partial charge >= 0.3 is 0 Å². The maximum absolute atomic E-state index is 9.97. The molecule has 3 unspecified atom stereocenters. The van der Waals surface area contributed by atoms with E-state index >= 15 is 0 Å². The molecule has 1 aromatic carbocycles. The van der Waals surface area contributed by atoms with E-state index in [2.05, 4.69) is 23.1 Å². The Labute approximate surface area is 136 Å². The average molecular weight is 314 g/mol. The Balaban J connectivity index is 1.55. The standard InChI is InChI=1S/C18H22N2O3/c19-13-18(9-7-17-21-10-11-22-17)8-6-16-20(18)15(12-23-16)14-4-2-1-3-5-14/h1-5,15-17H,6-12H2. The molecular formula is C18H22N2O3. The van der Waals surface area contributed by atoms with E-state index in [0.717, 1.165) is 25.7 Å². The van der Waals surface area contributed by atoms with Crippen LogP contribution in [0.1, 0.15) is 37.3 Å². The van der Waals surface area contributed by atoms with E-state index in [-0.39, 0.29) is 18.6 Å². The molecule has 3 atom stereocenters. The van der Waals surface area contributed by atoms with Gasteiger partial charge in [0.25, 0.3) is 0 Å². The van der Waals surface area contributed by atoms with Gasteiger partial charge in [0.05, 0.1) is 31.9 Å². The SMILES string of the molecule is N#CC1(CCC2OCCO2)CCC2OCC(c3ccccc3)N21. The molecule has 0 amide bonds. The van der Waals surface area contributed by atoms with Gasteiger partial charge in [0.1, 0.15) is 11.8 Å². The van der Waals surface area contributed by atoms with Crippen LogP contribution in [-0.2, 0) is 14.2 Å². The van der Waals surface area contributed by atoms with E-state index in [0.29, 0.717) is 19.8 Å². The summed E-state index contributed by atoms with van der Waals surface area (Å²) in [6.45, 7) is 1.98. The van der Waals surface area contributed by atoms with Crippen LogP contribution < -0.4 is 0 Å². The van der Waals surface area contributed by atoms with Gasteiger partial charge in [-0.3, -0.25) is 4.90 Å². The van der Waals surface area contributed by atoms with E-state index in [1.807, 2.05) is 18.2 Å². The molecule has 0 bridgehead atoms. The molecule has 1 aromatic rings. The monoisotopic (exact) mass is 314 g/mol. The molecule has 3 saturated heterocycles. The van der Waals surface area contributed by atoms with Gasteiger partial charge in [-0.05, 0) is 24.8 Å². The number of fused-ring (bicyclic) bond motifs is 1. The molecule has 0 saturated carbocycles. The van der Waals surface area contributed by atoms with Gasteiger partial charge in [0.15, 0.2) is 6.29 Å². The highest BCUT2D eigenvalue weighted by Gasteiger charge is 2.54. The highest BCUT2D eigenvalue weighted by Crippen LogP contribution is 2.47. The number of hydrogen-bond donors (Lipinski definition) is 0. The lowest BCUT2D eigenvalue weighted by Crippen LogP contribution is -2.45. The molecule has 3 fully saturated rings. The summed E-state index contributed by atoms with van der Waals surface area (Å²) in [4.78, 5) is 2.30. The van der Waals surface area contributed by atoms with Gasteiger partial charge in [-0.25, -0.2) is 0 Å². The minimum absolute atomic E-state index is 0.0604. The topological polar surface area (TPSA) is 54.7 Å². The zero-order valence-electron chi connectivity index (χ0n) is 13.2. The molecule has 122 valence electrons. The lowest BCUT2D eigenvalue weighted by molar-refractivity contribution is -0.0567. The van der Waals surface area contributed by atoms with Crippen molar-refractivity contribution in [3.63, 3.8) is 0 Å². The predicted octanol–water partition coefficient (Wildman–Crippen LogP) is 2.60. The summed E-state index contributed by atoms with van der Waals surface area (Å²) in [7, 11) is 0. The number of nitrogens with zero attached hydrogens (tertiary/aromatic N) is 2. The van der Waals surface area contributed by atoms with Crippen LogP contribution in [0, 0.1) is 11.3 Å². The largest absolute Gasteiger partial charge is 0.361 e. The third-order valence-corrected chi connectivity index (χ3v) is 5.27. The van der Waals surface area contributed by atoms with Gasteiger partial charge in [0, 0.05) is 6.42 Å². The first kappa shape index (κ1) is 15.1. The molecule has 3 aliphatic rings. The van der Waals surface area contributed by atoms with Crippen molar-refractivity contribution in [2.24, 2.45) is 0 Å². The molecule has 5 heteroatoms. The molecular weight excluding hydrogens is 292 g/mol. The molecule has 23 heavy (non-hydrogen) atoms. The van der Waals surface area contributed by atoms with Gasteiger partial charge in [-0.15, -0.1) is 0 Å². The fourth-order valence-corrected chi connectivity index (χ4v) is 4.14. The fourth-order valence-electron chi connectivity index (χ4n) is 4.14. The summed E-state index contributed by atoms with van der Waals surface area (Å²) in [5.74, 6) is 0. The van der Waals surface area contributed by atoms with Gasteiger partial charge in [-0.2, -0.15) is 5.26 Å². The first-order valence-electron chi connectivity index (χ1n) is 8.42. The molecule has 0 N–H and O–H groups in total. The lowest BCUT2D eigenvalue weighted by atomic mass is 9.89. The third kappa shape index (κ3) is 2.66. The average Bonchev–Trinajstić information content (AvgIpc) is 3.32. The third-order valence-electron chi connectivity index (χ3n) is 5.27. The predicted molar refractivity (Wildman–Crippen MR) is 83.3 cm³/mol. The smallest absolute Gasteiger partial charge is 0.157 e. The number of rotatable bonds is 4. The Kier molecular flexibility index (Phi) is 4.08. The van der Waals surface area contributed by atoms with E-state index in [4.69, 9.17) is 14.2 Å². The van der Waals surface area contributed by atoms with Crippen molar-refractivity contribution in [3.8, 4) is 6.07 Å². The van der Waals surface area contributed by atoms with Crippen LogP contribution in [0.4, 0.5) is 0 Å². The molecule has 3 aliphatic heterocycles. The van der Waals surface area contributed by atoms with Crippen molar-refractivity contribution in [2.75, 3.05) is 19.8 Å². The van der Waals surface area contributed by atoms with E-state index in [1.54, 1.807) is 0 Å². The summed E-state index contributed by atoms with van der Waals surface area (Å²) in [5.41, 5.74) is 0.752. The summed E-state index contributed by atoms with van der Waals surface area (Å²) >= 11 is 0. The Bertz CT molecular complexity index is 582. The minimum Gasteiger partial charge on any atom is -0.361 e. The maximum Gasteiger partial charge on any atom is 0.157 e. The molecule has 0 spiro atoms. The van der Waals surface area contributed by atoms with Crippen LogP contribution >= 0.6 is 0 Å². The summed E-state index contributed by atoms with van der Waals surface area (Å²) in [6.07, 6.45) is 3.20. The number of benzene rings is 1. The van der Waals surface area contributed by atoms with Crippen LogP contribution in [0.2, 0.25) is 0 Å². The Hall–Kier alpha value is -1.45. The second kappa shape index (κ2) is 6.21. The Morgan fingerprint density at radius 3 is 2.70 bits per heavy atom. The minimum atomic E-state index is -0.475. The van der Waals surface area contributed by atoms with Gasteiger partial charge < -0.3 is 14.2 Å². The first-order valence-corrected chi connectivity index (χ1v) is 8.42. The maximum atomic E-state index is 9.97. The second-order valence-electron chi connectivity index (χ2n) is 6.51. The second-order valence-corrected chi connectivity index (χ2v) is 6.51. The fraction of sp³-hybridized carbons (Fsp3) is 0.611.